The number of carbonyl (C=O) groups is 2. The van der Waals surface area contributed by atoms with Gasteiger partial charge >= 0.3 is 5.69 Å². The van der Waals surface area contributed by atoms with E-state index in [0.29, 0.717) is 22.4 Å². The topological polar surface area (TPSA) is 136 Å². The molecule has 0 bridgehead atoms. The minimum absolute atomic E-state index is 0.110. The summed E-state index contributed by atoms with van der Waals surface area (Å²) in [5.74, 6) is -0.992. The highest BCUT2D eigenvalue weighted by atomic mass is 16.2. The predicted octanol–water partition coefficient (Wildman–Crippen LogP) is 0.915. The van der Waals surface area contributed by atoms with Crippen molar-refractivity contribution >= 4 is 39.9 Å². The molecule has 2 heterocycles. The van der Waals surface area contributed by atoms with Crippen LogP contribution in [0.25, 0.3) is 11.0 Å². The highest BCUT2D eigenvalue weighted by Crippen LogP contribution is 2.25. The number of carbonyl (C=O) groups excluding carboxylic acids is 2. The third-order valence-corrected chi connectivity index (χ3v) is 4.30. The predicted molar refractivity (Wildman–Crippen MR) is 102 cm³/mol. The number of rotatable bonds is 4. The Morgan fingerprint density at radius 1 is 1.11 bits per heavy atom. The first-order valence-electron chi connectivity index (χ1n) is 8.26. The van der Waals surface area contributed by atoms with Crippen LogP contribution in [0.2, 0.25) is 0 Å². The van der Waals surface area contributed by atoms with Gasteiger partial charge in [0, 0.05) is 12.1 Å². The lowest BCUT2D eigenvalue weighted by Gasteiger charge is -2.20. The minimum atomic E-state index is -0.725. The lowest BCUT2D eigenvalue weighted by Crippen LogP contribution is -2.39. The number of benzene rings is 2. The van der Waals surface area contributed by atoms with Crippen molar-refractivity contribution in [3.05, 3.63) is 59.0 Å². The Balaban J connectivity index is 1.58. The summed E-state index contributed by atoms with van der Waals surface area (Å²) in [6, 6.07) is 13.3. The Bertz CT molecular complexity index is 1110. The van der Waals surface area contributed by atoms with E-state index in [9.17, 15) is 14.4 Å². The standard InChI is InChI=1S/C18H16N6O3/c19-16(25)15-9-14(23-24(15)11-4-2-1-3-5-11)17(26)20-10-6-7-12-13(8-10)22-18(27)21-12/h1-8,15H,9H2,(H2,19,25)(H,20,26)(H2,21,22,27). The van der Waals surface area contributed by atoms with E-state index in [4.69, 9.17) is 5.73 Å². The maximum atomic E-state index is 12.6. The number of primary amides is 1. The molecule has 4 rings (SSSR count). The summed E-state index contributed by atoms with van der Waals surface area (Å²) in [7, 11) is 0. The van der Waals surface area contributed by atoms with Crippen LogP contribution >= 0.6 is 0 Å². The molecule has 27 heavy (non-hydrogen) atoms. The summed E-state index contributed by atoms with van der Waals surface area (Å²) < 4.78 is 0. The van der Waals surface area contributed by atoms with E-state index < -0.39 is 17.9 Å². The Morgan fingerprint density at radius 2 is 1.85 bits per heavy atom. The van der Waals surface area contributed by atoms with Gasteiger partial charge in [0.25, 0.3) is 5.91 Å². The van der Waals surface area contributed by atoms with Crippen LogP contribution in [-0.2, 0) is 9.59 Å². The van der Waals surface area contributed by atoms with E-state index in [1.54, 1.807) is 30.3 Å². The highest BCUT2D eigenvalue weighted by Gasteiger charge is 2.34. The van der Waals surface area contributed by atoms with Gasteiger partial charge in [0.2, 0.25) is 5.91 Å². The molecule has 1 unspecified atom stereocenters. The van der Waals surface area contributed by atoms with Gasteiger partial charge in [0.15, 0.2) is 0 Å². The lowest BCUT2D eigenvalue weighted by atomic mass is 10.1. The first-order valence-corrected chi connectivity index (χ1v) is 8.26. The van der Waals surface area contributed by atoms with E-state index in [0.717, 1.165) is 0 Å². The Hall–Kier alpha value is -3.88. The van der Waals surface area contributed by atoms with Crippen molar-refractivity contribution < 1.29 is 9.59 Å². The fourth-order valence-corrected chi connectivity index (χ4v) is 3.00. The second-order valence-corrected chi connectivity index (χ2v) is 6.14. The van der Waals surface area contributed by atoms with Gasteiger partial charge in [-0.15, -0.1) is 0 Å². The third kappa shape index (κ3) is 3.17. The molecule has 1 aliphatic rings. The number of fused-ring (bicyclic) bond motifs is 1. The van der Waals surface area contributed by atoms with E-state index in [2.05, 4.69) is 20.4 Å². The summed E-state index contributed by atoms with van der Waals surface area (Å²) in [4.78, 5) is 41.0. The van der Waals surface area contributed by atoms with Crippen LogP contribution in [0.1, 0.15) is 6.42 Å². The number of H-pyrrole nitrogens is 2. The molecule has 2 aromatic carbocycles. The largest absolute Gasteiger partial charge is 0.368 e. The number of nitrogens with one attached hydrogen (secondary N) is 3. The molecule has 5 N–H and O–H groups in total. The van der Waals surface area contributed by atoms with Gasteiger partial charge in [-0.3, -0.25) is 14.6 Å². The molecule has 1 aliphatic heterocycles. The molecule has 9 heteroatoms. The van der Waals surface area contributed by atoms with Gasteiger partial charge in [-0.1, -0.05) is 18.2 Å². The Morgan fingerprint density at radius 3 is 2.59 bits per heavy atom. The van der Waals surface area contributed by atoms with Crippen molar-refractivity contribution in [1.82, 2.24) is 9.97 Å². The van der Waals surface area contributed by atoms with E-state index in [-0.39, 0.29) is 17.8 Å². The van der Waals surface area contributed by atoms with Crippen LogP contribution in [0.5, 0.6) is 0 Å². The zero-order valence-electron chi connectivity index (χ0n) is 14.1. The van der Waals surface area contributed by atoms with Gasteiger partial charge in [-0.25, -0.2) is 4.79 Å². The number of nitrogens with two attached hydrogens (primary N) is 1. The number of anilines is 2. The number of hydrogen-bond donors (Lipinski definition) is 4. The first kappa shape index (κ1) is 16.6. The number of para-hydroxylation sites is 1. The lowest BCUT2D eigenvalue weighted by molar-refractivity contribution is -0.119. The van der Waals surface area contributed by atoms with Crippen molar-refractivity contribution in [3.63, 3.8) is 0 Å². The summed E-state index contributed by atoms with van der Waals surface area (Å²) in [6.45, 7) is 0. The van der Waals surface area contributed by atoms with Gasteiger partial charge in [-0.2, -0.15) is 5.10 Å². The molecule has 3 aromatic rings. The Kier molecular flexibility index (Phi) is 3.96. The molecule has 0 fully saturated rings. The average molecular weight is 364 g/mol. The number of aromatic nitrogens is 2. The van der Waals surface area contributed by atoms with Gasteiger partial charge in [-0.05, 0) is 30.3 Å². The van der Waals surface area contributed by atoms with Crippen LogP contribution in [0.15, 0.2) is 58.4 Å². The molecule has 0 saturated carbocycles. The fourth-order valence-electron chi connectivity index (χ4n) is 3.00. The SMILES string of the molecule is NC(=O)C1CC(C(=O)Nc2ccc3[nH]c(=O)[nH]c3c2)=NN1c1ccccc1. The van der Waals surface area contributed by atoms with E-state index in [1.807, 2.05) is 18.2 Å². The van der Waals surface area contributed by atoms with Crippen LogP contribution in [0, 0.1) is 0 Å². The molecule has 0 radical (unpaired) electrons. The molecule has 0 aliphatic carbocycles. The van der Waals surface area contributed by atoms with Gasteiger partial charge in [0.1, 0.15) is 11.8 Å². The summed E-state index contributed by atoms with van der Waals surface area (Å²) >= 11 is 0. The van der Waals surface area contributed by atoms with Crippen molar-refractivity contribution in [2.24, 2.45) is 10.8 Å². The molecule has 0 spiro atoms. The molecular weight excluding hydrogens is 348 g/mol. The number of aromatic amines is 2. The number of nitrogens with zero attached hydrogens (tertiary/aromatic N) is 2. The fraction of sp³-hybridized carbons (Fsp3) is 0.111. The normalized spacial score (nSPS) is 16.4. The molecule has 1 atom stereocenters. The summed E-state index contributed by atoms with van der Waals surface area (Å²) in [5, 5.41) is 8.49. The molecule has 1 aromatic heterocycles. The second kappa shape index (κ2) is 6.45. The molecule has 136 valence electrons. The van der Waals surface area contributed by atoms with Crippen molar-refractivity contribution in [2.75, 3.05) is 10.3 Å². The molecule has 9 nitrogen and oxygen atoms in total. The first-order chi connectivity index (χ1) is 13.0. The van der Waals surface area contributed by atoms with Gasteiger partial charge < -0.3 is 21.0 Å². The smallest absolute Gasteiger partial charge is 0.323 e. The molecular formula is C18H16N6O3. The number of hydrogen-bond acceptors (Lipinski definition) is 5. The van der Waals surface area contributed by atoms with E-state index >= 15 is 0 Å². The Labute approximate surface area is 152 Å². The third-order valence-electron chi connectivity index (χ3n) is 4.30. The number of hydrazone groups is 1. The minimum Gasteiger partial charge on any atom is -0.368 e. The molecule has 0 saturated heterocycles. The zero-order valence-corrected chi connectivity index (χ0v) is 14.1. The summed E-state index contributed by atoms with van der Waals surface area (Å²) in [5.41, 5.74) is 7.75. The van der Waals surface area contributed by atoms with Crippen LogP contribution in [0.4, 0.5) is 11.4 Å². The van der Waals surface area contributed by atoms with E-state index in [1.165, 1.54) is 5.01 Å². The number of imidazole rings is 1. The van der Waals surface area contributed by atoms with Crippen molar-refractivity contribution in [3.8, 4) is 0 Å². The molecule has 2 amide bonds. The second-order valence-electron chi connectivity index (χ2n) is 6.14. The van der Waals surface area contributed by atoms with Crippen molar-refractivity contribution in [1.29, 1.82) is 0 Å². The zero-order chi connectivity index (χ0) is 19.0. The average Bonchev–Trinajstić information content (AvgIpc) is 3.25. The maximum Gasteiger partial charge on any atom is 0.323 e. The quantitative estimate of drug-likeness (QED) is 0.547. The van der Waals surface area contributed by atoms with Gasteiger partial charge in [0.05, 0.1) is 16.7 Å². The van der Waals surface area contributed by atoms with Crippen LogP contribution in [-0.4, -0.2) is 33.5 Å². The van der Waals surface area contributed by atoms with Crippen LogP contribution < -0.4 is 21.7 Å². The maximum absolute atomic E-state index is 12.6. The van der Waals surface area contributed by atoms with Crippen LogP contribution in [0.3, 0.4) is 0 Å². The highest BCUT2D eigenvalue weighted by molar-refractivity contribution is 6.44. The number of amides is 2. The monoisotopic (exact) mass is 364 g/mol. The summed E-state index contributed by atoms with van der Waals surface area (Å²) in [6.07, 6.45) is 0.110. The van der Waals surface area contributed by atoms with Crippen molar-refractivity contribution in [2.45, 2.75) is 12.5 Å².